The molecule has 2 aromatic heterocycles. The minimum Gasteiger partial charge on any atom is -0.481 e. The van der Waals surface area contributed by atoms with Crippen LogP contribution >= 0.6 is 0 Å². The van der Waals surface area contributed by atoms with E-state index in [0.29, 0.717) is 24.2 Å². The van der Waals surface area contributed by atoms with Gasteiger partial charge in [0.1, 0.15) is 11.5 Å². The third-order valence-electron chi connectivity index (χ3n) is 5.85. The predicted octanol–water partition coefficient (Wildman–Crippen LogP) is 3.76. The first kappa shape index (κ1) is 23.7. The Kier molecular flexibility index (Phi) is 6.85. The first-order valence-electron chi connectivity index (χ1n) is 11.1. The van der Waals surface area contributed by atoms with Gasteiger partial charge in [0.2, 0.25) is 0 Å². The summed E-state index contributed by atoms with van der Waals surface area (Å²) in [5.41, 5.74) is 6.12. The summed E-state index contributed by atoms with van der Waals surface area (Å²) in [6, 6.07) is 6.20. The summed E-state index contributed by atoms with van der Waals surface area (Å²) in [6.45, 7) is 4.00. The van der Waals surface area contributed by atoms with Crippen LogP contribution in [-0.2, 0) is 17.6 Å². The van der Waals surface area contributed by atoms with Crippen LogP contribution in [0.2, 0.25) is 0 Å². The zero-order valence-electron chi connectivity index (χ0n) is 18.9. The normalized spacial score (nSPS) is 14.8. The van der Waals surface area contributed by atoms with E-state index in [1.54, 1.807) is 18.2 Å². The Morgan fingerprint density at radius 2 is 1.88 bits per heavy atom. The molecule has 0 unspecified atom stereocenters. The van der Waals surface area contributed by atoms with Crippen molar-refractivity contribution in [1.82, 2.24) is 15.3 Å². The summed E-state index contributed by atoms with van der Waals surface area (Å²) < 4.78 is 18.7. The summed E-state index contributed by atoms with van der Waals surface area (Å²) >= 11 is 0. The van der Waals surface area contributed by atoms with Crippen LogP contribution in [0.4, 0.5) is 4.39 Å². The van der Waals surface area contributed by atoms with Crippen LogP contribution < -0.4 is 0 Å². The second-order valence-corrected chi connectivity index (χ2v) is 8.75. The monoisotopic (exact) mass is 467 g/mol. The quantitative estimate of drug-likeness (QED) is 0.457. The molecular formula is C25H26FN3O5. The maximum atomic E-state index is 13.7. The van der Waals surface area contributed by atoms with Crippen LogP contribution in [-0.4, -0.2) is 48.8 Å². The molecule has 1 aromatic carbocycles. The number of aromatic nitrogens is 3. The number of aliphatic hydroxyl groups excluding tert-OH is 2. The van der Waals surface area contributed by atoms with Crippen LogP contribution in [0.25, 0.3) is 28.6 Å². The Morgan fingerprint density at radius 3 is 2.56 bits per heavy atom. The molecule has 0 saturated heterocycles. The fraction of sp³-hybridized carbons (Fsp3) is 0.360. The average molecular weight is 467 g/mol. The Labute approximate surface area is 195 Å². The van der Waals surface area contributed by atoms with Crippen molar-refractivity contribution in [2.45, 2.75) is 57.7 Å². The van der Waals surface area contributed by atoms with Gasteiger partial charge in [-0.1, -0.05) is 43.3 Å². The van der Waals surface area contributed by atoms with Crippen LogP contribution in [0.5, 0.6) is 0 Å². The van der Waals surface area contributed by atoms with Gasteiger partial charge in [0, 0.05) is 12.0 Å². The third kappa shape index (κ3) is 4.90. The summed E-state index contributed by atoms with van der Waals surface area (Å²) in [5.74, 6) is -1.48. The van der Waals surface area contributed by atoms with Crippen LogP contribution in [0, 0.1) is 5.82 Å². The molecule has 9 heteroatoms. The molecule has 34 heavy (non-hydrogen) atoms. The Hall–Kier alpha value is -3.43. The highest BCUT2D eigenvalue weighted by Crippen LogP contribution is 2.41. The minimum atomic E-state index is -1.17. The van der Waals surface area contributed by atoms with Crippen molar-refractivity contribution < 1.29 is 29.1 Å². The molecule has 2 atom stereocenters. The number of rotatable bonds is 8. The molecule has 8 nitrogen and oxygen atoms in total. The highest BCUT2D eigenvalue weighted by atomic mass is 19.1. The number of aryl methyl sites for hydroxylation is 1. The van der Waals surface area contributed by atoms with Gasteiger partial charge >= 0.3 is 5.97 Å². The van der Waals surface area contributed by atoms with Crippen LogP contribution in [0.1, 0.15) is 55.1 Å². The number of aliphatic carboxylic acids is 1. The molecule has 0 bridgehead atoms. The van der Waals surface area contributed by atoms with E-state index in [-0.39, 0.29) is 18.2 Å². The van der Waals surface area contributed by atoms with Crippen molar-refractivity contribution in [2.75, 3.05) is 0 Å². The lowest BCUT2D eigenvalue weighted by Gasteiger charge is -2.23. The van der Waals surface area contributed by atoms with E-state index in [2.05, 4.69) is 10.3 Å². The molecule has 2 heterocycles. The number of hydrogen-bond acceptors (Lipinski definition) is 7. The van der Waals surface area contributed by atoms with Crippen molar-refractivity contribution in [2.24, 2.45) is 0 Å². The number of halogens is 1. The van der Waals surface area contributed by atoms with Gasteiger partial charge in [0.05, 0.1) is 30.0 Å². The van der Waals surface area contributed by atoms with Crippen LogP contribution in [0.15, 0.2) is 35.0 Å². The lowest BCUT2D eigenvalue weighted by atomic mass is 9.84. The van der Waals surface area contributed by atoms with Gasteiger partial charge in [-0.3, -0.25) is 4.79 Å². The molecule has 1 aliphatic rings. The molecule has 0 radical (unpaired) electrons. The topological polar surface area (TPSA) is 130 Å². The molecule has 178 valence electrons. The number of benzene rings is 1. The number of carboxylic acids is 1. The zero-order chi connectivity index (χ0) is 24.4. The lowest BCUT2D eigenvalue weighted by molar-refractivity contribution is -0.139. The molecule has 4 rings (SSSR count). The standard InChI is InChI=1S/C25H26FN3O5/c1-13(2)23-18(8-7-16(30)11-17(31)12-21(32)33)22(14-3-5-15(26)6-4-14)19-9-10-20-25(24(19)27-23)29-34-28-20/h3-8,13,16-17,30-31H,9-12H2,1-2H3,(H,32,33)/b8-7+/t16-,17-/m1/s1. The summed E-state index contributed by atoms with van der Waals surface area (Å²) in [7, 11) is 0. The number of fused-ring (bicyclic) bond motifs is 3. The van der Waals surface area contributed by atoms with Gasteiger partial charge in [-0.2, -0.15) is 0 Å². The van der Waals surface area contributed by atoms with E-state index >= 15 is 0 Å². The van der Waals surface area contributed by atoms with Gasteiger partial charge in [0.25, 0.3) is 0 Å². The number of carboxylic acid groups (broad SMARTS) is 1. The summed E-state index contributed by atoms with van der Waals surface area (Å²) in [5, 5.41) is 37.2. The van der Waals surface area contributed by atoms with E-state index in [9.17, 15) is 19.4 Å². The zero-order valence-corrected chi connectivity index (χ0v) is 18.9. The minimum absolute atomic E-state index is 0.00382. The molecule has 0 amide bonds. The predicted molar refractivity (Wildman–Crippen MR) is 122 cm³/mol. The maximum Gasteiger partial charge on any atom is 0.305 e. The van der Waals surface area contributed by atoms with Crippen molar-refractivity contribution in [1.29, 1.82) is 0 Å². The molecule has 3 aromatic rings. The van der Waals surface area contributed by atoms with E-state index in [0.717, 1.165) is 33.6 Å². The molecule has 1 aliphatic carbocycles. The highest BCUT2D eigenvalue weighted by Gasteiger charge is 2.29. The first-order valence-corrected chi connectivity index (χ1v) is 11.1. The second kappa shape index (κ2) is 9.82. The SMILES string of the molecule is CC(C)c1nc2c(c(-c3ccc(F)cc3)c1/C=C/[C@@H](O)C[C@@H](O)CC(=O)O)CCc1nonc1-2. The molecule has 3 N–H and O–H groups in total. The maximum absolute atomic E-state index is 13.7. The number of hydrogen-bond donors (Lipinski definition) is 3. The third-order valence-corrected chi connectivity index (χ3v) is 5.85. The number of nitrogens with zero attached hydrogens (tertiary/aromatic N) is 3. The number of pyridine rings is 1. The Bertz CT molecular complexity index is 1220. The van der Waals surface area contributed by atoms with Crippen LogP contribution in [0.3, 0.4) is 0 Å². The second-order valence-electron chi connectivity index (χ2n) is 8.75. The van der Waals surface area contributed by atoms with Crippen molar-refractivity contribution in [3.8, 4) is 22.5 Å². The fourth-order valence-corrected chi connectivity index (χ4v) is 4.29. The summed E-state index contributed by atoms with van der Waals surface area (Å²) in [4.78, 5) is 15.7. The molecular weight excluding hydrogens is 441 g/mol. The van der Waals surface area contributed by atoms with Gasteiger partial charge in [0.15, 0.2) is 5.69 Å². The van der Waals surface area contributed by atoms with Crippen molar-refractivity contribution >= 4 is 12.0 Å². The van der Waals surface area contributed by atoms with E-state index in [1.165, 1.54) is 18.2 Å². The molecule has 0 aliphatic heterocycles. The Balaban J connectivity index is 1.85. The first-order chi connectivity index (χ1) is 16.2. The average Bonchev–Trinajstić information content (AvgIpc) is 3.26. The van der Waals surface area contributed by atoms with Gasteiger partial charge < -0.3 is 15.3 Å². The van der Waals surface area contributed by atoms with Crippen molar-refractivity contribution in [3.05, 3.63) is 58.7 Å². The highest BCUT2D eigenvalue weighted by molar-refractivity contribution is 5.85. The molecule has 0 spiro atoms. The summed E-state index contributed by atoms with van der Waals surface area (Å²) in [6.07, 6.45) is 1.74. The lowest BCUT2D eigenvalue weighted by Crippen LogP contribution is -2.19. The van der Waals surface area contributed by atoms with Crippen molar-refractivity contribution in [3.63, 3.8) is 0 Å². The molecule has 0 saturated carbocycles. The molecule has 0 fully saturated rings. The van der Waals surface area contributed by atoms with Gasteiger partial charge in [-0.15, -0.1) is 0 Å². The van der Waals surface area contributed by atoms with E-state index < -0.39 is 24.6 Å². The number of carbonyl (C=O) groups is 1. The fourth-order valence-electron chi connectivity index (χ4n) is 4.29. The van der Waals surface area contributed by atoms with Gasteiger partial charge in [-0.05, 0) is 52.7 Å². The van der Waals surface area contributed by atoms with Gasteiger partial charge in [-0.25, -0.2) is 14.0 Å². The van der Waals surface area contributed by atoms with E-state index in [4.69, 9.17) is 14.7 Å². The largest absolute Gasteiger partial charge is 0.481 e. The smallest absolute Gasteiger partial charge is 0.305 e. The van der Waals surface area contributed by atoms with E-state index in [1.807, 2.05) is 13.8 Å². The number of aliphatic hydroxyl groups is 2. The Morgan fingerprint density at radius 1 is 1.15 bits per heavy atom.